The van der Waals surface area contributed by atoms with Gasteiger partial charge in [-0.1, -0.05) is 31.5 Å². The number of hydrogen-bond donors (Lipinski definition) is 1. The Hall–Kier alpha value is -2.87. The van der Waals surface area contributed by atoms with Gasteiger partial charge in [0.1, 0.15) is 11.2 Å². The van der Waals surface area contributed by atoms with Crippen molar-refractivity contribution in [3.8, 4) is 5.75 Å². The maximum Gasteiger partial charge on any atom is 0.280 e. The molecular weight excluding hydrogens is 399 g/mol. The van der Waals surface area contributed by atoms with Crippen molar-refractivity contribution in [3.05, 3.63) is 56.3 Å². The Balaban J connectivity index is 1.98. The zero-order chi connectivity index (χ0) is 21.0. The number of likely N-dealkylation sites (N-methyl/N-ethyl adjacent to an activating group) is 1. The standard InChI is InChI=1S/C20H20ClFN4O3/c1-10(2)15-16-14(18(27)17-20(29)24(3)6-7-25(16)17)19(28)26(23-15)9-11-4-5-13(22)12(21)8-11/h4-5,8,10,27H,6-7,9H2,1-3H3. The van der Waals surface area contributed by atoms with Gasteiger partial charge in [-0.15, -0.1) is 0 Å². The maximum atomic E-state index is 13.5. The first-order valence-corrected chi connectivity index (χ1v) is 9.64. The summed E-state index contributed by atoms with van der Waals surface area (Å²) in [4.78, 5) is 27.3. The molecule has 152 valence electrons. The molecule has 1 aliphatic rings. The van der Waals surface area contributed by atoms with E-state index in [-0.39, 0.29) is 40.2 Å². The lowest BCUT2D eigenvalue weighted by molar-refractivity contribution is 0.0747. The van der Waals surface area contributed by atoms with Gasteiger partial charge in [0, 0.05) is 20.1 Å². The lowest BCUT2D eigenvalue weighted by atomic mass is 10.1. The molecule has 0 radical (unpaired) electrons. The van der Waals surface area contributed by atoms with Crippen molar-refractivity contribution in [1.82, 2.24) is 19.2 Å². The molecule has 0 saturated carbocycles. The van der Waals surface area contributed by atoms with Gasteiger partial charge >= 0.3 is 0 Å². The fourth-order valence-corrected chi connectivity index (χ4v) is 3.91. The molecule has 0 aliphatic carbocycles. The number of hydrogen-bond acceptors (Lipinski definition) is 4. The molecule has 3 heterocycles. The third-order valence-electron chi connectivity index (χ3n) is 5.23. The van der Waals surface area contributed by atoms with Crippen molar-refractivity contribution in [2.24, 2.45) is 0 Å². The lowest BCUT2D eigenvalue weighted by Crippen LogP contribution is -2.37. The normalized spacial score (nSPS) is 14.1. The van der Waals surface area contributed by atoms with Gasteiger partial charge in [-0.25, -0.2) is 9.07 Å². The second kappa shape index (κ2) is 6.88. The lowest BCUT2D eigenvalue weighted by Gasteiger charge is -2.25. The van der Waals surface area contributed by atoms with Gasteiger partial charge in [0.05, 0.1) is 22.8 Å². The first-order valence-electron chi connectivity index (χ1n) is 9.26. The summed E-state index contributed by atoms with van der Waals surface area (Å²) < 4.78 is 16.4. The van der Waals surface area contributed by atoms with Gasteiger partial charge < -0.3 is 14.6 Å². The highest BCUT2D eigenvalue weighted by Crippen LogP contribution is 2.35. The molecule has 3 aromatic rings. The van der Waals surface area contributed by atoms with Crippen LogP contribution in [-0.2, 0) is 13.1 Å². The molecule has 29 heavy (non-hydrogen) atoms. The highest BCUT2D eigenvalue weighted by molar-refractivity contribution is 6.30. The minimum atomic E-state index is -0.547. The average Bonchev–Trinajstić information content (AvgIpc) is 2.97. The fourth-order valence-electron chi connectivity index (χ4n) is 3.71. The minimum absolute atomic E-state index is 0.0449. The van der Waals surface area contributed by atoms with Crippen LogP contribution in [0.4, 0.5) is 4.39 Å². The van der Waals surface area contributed by atoms with Crippen LogP contribution in [0, 0.1) is 5.82 Å². The smallest absolute Gasteiger partial charge is 0.280 e. The Morgan fingerprint density at radius 3 is 2.66 bits per heavy atom. The van der Waals surface area contributed by atoms with Crippen LogP contribution in [0.5, 0.6) is 5.75 Å². The fraction of sp³-hybridized carbons (Fsp3) is 0.350. The van der Waals surface area contributed by atoms with Crippen molar-refractivity contribution in [1.29, 1.82) is 0 Å². The molecule has 1 amide bonds. The van der Waals surface area contributed by atoms with E-state index in [1.165, 1.54) is 27.8 Å². The summed E-state index contributed by atoms with van der Waals surface area (Å²) in [6, 6.07) is 4.19. The number of fused-ring (bicyclic) bond motifs is 3. The van der Waals surface area contributed by atoms with Gasteiger partial charge in [-0.3, -0.25) is 9.59 Å². The van der Waals surface area contributed by atoms with Crippen molar-refractivity contribution in [3.63, 3.8) is 0 Å². The quantitative estimate of drug-likeness (QED) is 0.709. The zero-order valence-corrected chi connectivity index (χ0v) is 17.0. The number of benzene rings is 1. The van der Waals surface area contributed by atoms with Crippen molar-refractivity contribution in [2.45, 2.75) is 32.9 Å². The van der Waals surface area contributed by atoms with E-state index < -0.39 is 11.4 Å². The Morgan fingerprint density at radius 2 is 2.00 bits per heavy atom. The maximum absolute atomic E-state index is 13.5. The van der Waals surface area contributed by atoms with Crippen molar-refractivity contribution < 1.29 is 14.3 Å². The highest BCUT2D eigenvalue weighted by atomic mass is 35.5. The molecule has 7 nitrogen and oxygen atoms in total. The average molecular weight is 419 g/mol. The zero-order valence-electron chi connectivity index (χ0n) is 16.2. The summed E-state index contributed by atoms with van der Waals surface area (Å²) in [6.07, 6.45) is 0. The SMILES string of the molecule is CC(C)c1nn(Cc2ccc(F)c(Cl)c2)c(=O)c2c(O)c3n(c12)CCN(C)C3=O. The summed E-state index contributed by atoms with van der Waals surface area (Å²) in [7, 11) is 1.65. The van der Waals surface area contributed by atoms with Crippen LogP contribution in [0.2, 0.25) is 5.02 Å². The van der Waals surface area contributed by atoms with Crippen LogP contribution in [0.3, 0.4) is 0 Å². The van der Waals surface area contributed by atoms with Gasteiger partial charge in [0.25, 0.3) is 11.5 Å². The second-order valence-corrected chi connectivity index (χ2v) is 7.96. The van der Waals surface area contributed by atoms with Crippen LogP contribution in [0.15, 0.2) is 23.0 Å². The monoisotopic (exact) mass is 418 g/mol. The molecule has 1 aromatic carbocycles. The number of halogens is 2. The van der Waals surface area contributed by atoms with Crippen LogP contribution in [-0.4, -0.2) is 43.9 Å². The molecular formula is C20H20ClFN4O3. The summed E-state index contributed by atoms with van der Waals surface area (Å²) in [5.41, 5.74) is 1.29. The Kier molecular flexibility index (Phi) is 4.61. The van der Waals surface area contributed by atoms with E-state index in [1.807, 2.05) is 13.8 Å². The van der Waals surface area contributed by atoms with Gasteiger partial charge in [-0.05, 0) is 23.6 Å². The van der Waals surface area contributed by atoms with Gasteiger partial charge in [0.15, 0.2) is 11.4 Å². The Morgan fingerprint density at radius 1 is 1.28 bits per heavy atom. The second-order valence-electron chi connectivity index (χ2n) is 7.55. The van der Waals surface area contributed by atoms with Crippen LogP contribution < -0.4 is 5.56 Å². The number of amides is 1. The van der Waals surface area contributed by atoms with Gasteiger partial charge in [-0.2, -0.15) is 5.10 Å². The summed E-state index contributed by atoms with van der Waals surface area (Å²) >= 11 is 5.85. The molecule has 1 N–H and O–H groups in total. The number of aromatic hydroxyl groups is 1. The third-order valence-corrected chi connectivity index (χ3v) is 5.52. The van der Waals surface area contributed by atoms with E-state index in [1.54, 1.807) is 11.6 Å². The Labute approximate surface area is 170 Å². The predicted molar refractivity (Wildman–Crippen MR) is 107 cm³/mol. The Bertz CT molecular complexity index is 1210. The largest absolute Gasteiger partial charge is 0.505 e. The molecule has 0 saturated heterocycles. The summed E-state index contributed by atoms with van der Waals surface area (Å²) in [5.74, 6) is -1.27. The first kappa shape index (κ1) is 19.4. The van der Waals surface area contributed by atoms with E-state index in [0.717, 1.165) is 0 Å². The predicted octanol–water partition coefficient (Wildman–Crippen LogP) is 2.95. The molecule has 1 aliphatic heterocycles. The summed E-state index contributed by atoms with van der Waals surface area (Å²) in [5, 5.41) is 15.4. The van der Waals surface area contributed by atoms with Crippen LogP contribution >= 0.6 is 11.6 Å². The van der Waals surface area contributed by atoms with Crippen LogP contribution in [0.1, 0.15) is 41.5 Å². The topological polar surface area (TPSA) is 80.4 Å². The summed E-state index contributed by atoms with van der Waals surface area (Å²) in [6.45, 7) is 4.86. The highest BCUT2D eigenvalue weighted by Gasteiger charge is 2.33. The van der Waals surface area contributed by atoms with Crippen molar-refractivity contribution >= 4 is 28.4 Å². The van der Waals surface area contributed by atoms with E-state index >= 15 is 0 Å². The van der Waals surface area contributed by atoms with E-state index in [4.69, 9.17) is 11.6 Å². The molecule has 9 heteroatoms. The number of rotatable bonds is 3. The molecule has 4 rings (SSSR count). The van der Waals surface area contributed by atoms with Gasteiger partial charge in [0.2, 0.25) is 0 Å². The molecule has 0 spiro atoms. The van der Waals surface area contributed by atoms with Crippen molar-refractivity contribution in [2.75, 3.05) is 13.6 Å². The molecule has 2 aromatic heterocycles. The molecule has 0 bridgehead atoms. The third kappa shape index (κ3) is 2.98. The van der Waals surface area contributed by atoms with E-state index in [9.17, 15) is 19.1 Å². The molecule has 0 unspecified atom stereocenters. The number of nitrogens with zero attached hydrogens (tertiary/aromatic N) is 4. The number of carbonyl (C=O) groups excluding carboxylic acids is 1. The first-order chi connectivity index (χ1) is 13.7. The van der Waals surface area contributed by atoms with E-state index in [0.29, 0.717) is 29.9 Å². The number of aromatic nitrogens is 3. The molecule has 0 atom stereocenters. The minimum Gasteiger partial charge on any atom is -0.505 e. The number of carbonyl (C=O) groups is 1. The van der Waals surface area contributed by atoms with Crippen LogP contribution in [0.25, 0.3) is 10.9 Å². The molecule has 0 fully saturated rings. The van der Waals surface area contributed by atoms with E-state index in [2.05, 4.69) is 5.10 Å².